The number of hydrogen-bond acceptors (Lipinski definition) is 4. The first-order valence-electron chi connectivity index (χ1n) is 11.1. The minimum Gasteiger partial charge on any atom is -0.442 e. The maximum atomic E-state index is 5.60. The van der Waals surface area contributed by atoms with Gasteiger partial charge in [-0.15, -0.1) is 0 Å². The monoisotopic (exact) mass is 484 g/mol. The molecule has 1 atom stereocenters. The molecule has 2 aromatic carbocycles. The second-order valence-electron chi connectivity index (χ2n) is 9.34. The van der Waals surface area contributed by atoms with Crippen LogP contribution < -0.4 is 0 Å². The Labute approximate surface area is 194 Å². The average Bonchev–Trinajstić information content (AvgIpc) is 3.38. The van der Waals surface area contributed by atoms with E-state index >= 15 is 0 Å². The van der Waals surface area contributed by atoms with E-state index in [0.29, 0.717) is 11.2 Å². The quantitative estimate of drug-likeness (QED) is 0.345. The van der Waals surface area contributed by atoms with Crippen LogP contribution in [0.25, 0.3) is 17.1 Å². The van der Waals surface area contributed by atoms with E-state index in [-0.39, 0.29) is 6.04 Å². The van der Waals surface area contributed by atoms with E-state index in [0.717, 1.165) is 44.3 Å². The van der Waals surface area contributed by atoms with Gasteiger partial charge in [0.05, 0.1) is 29.3 Å². The first-order valence-corrected chi connectivity index (χ1v) is 11.9. The third-order valence-electron chi connectivity index (χ3n) is 7.48. The van der Waals surface area contributed by atoms with E-state index in [9.17, 15) is 0 Å². The van der Waals surface area contributed by atoms with Crippen molar-refractivity contribution in [3.8, 4) is 17.1 Å². The number of imidazole rings is 1. The van der Waals surface area contributed by atoms with Crippen molar-refractivity contribution in [2.45, 2.75) is 37.6 Å². The fourth-order valence-electron chi connectivity index (χ4n) is 5.76. The van der Waals surface area contributed by atoms with Crippen molar-refractivity contribution in [3.63, 3.8) is 0 Å². The first kappa shape index (κ1) is 18.6. The van der Waals surface area contributed by atoms with Gasteiger partial charge < -0.3 is 4.42 Å². The van der Waals surface area contributed by atoms with Crippen LogP contribution in [-0.4, -0.2) is 20.2 Å². The number of nitrogens with zero attached hydrogens (tertiary/aromatic N) is 4. The molecule has 0 radical (unpaired) electrons. The van der Waals surface area contributed by atoms with E-state index in [1.807, 2.05) is 12.4 Å². The predicted octanol–water partition coefficient (Wildman–Crippen LogP) is 6.25. The largest absolute Gasteiger partial charge is 0.442 e. The summed E-state index contributed by atoms with van der Waals surface area (Å²) >= 11 is 3.77. The molecular weight excluding hydrogens is 464 g/mol. The van der Waals surface area contributed by atoms with Crippen LogP contribution in [0.15, 0.2) is 75.3 Å². The molecule has 0 amide bonds. The molecule has 0 N–H and O–H groups in total. The molecule has 158 valence electrons. The van der Waals surface area contributed by atoms with Crippen molar-refractivity contribution >= 4 is 21.6 Å². The Hall–Kier alpha value is -2.99. The van der Waals surface area contributed by atoms with E-state index in [4.69, 9.17) is 14.4 Å². The molecule has 4 aliphatic rings. The van der Waals surface area contributed by atoms with Crippen molar-refractivity contribution in [2.24, 2.45) is 10.9 Å². The summed E-state index contributed by atoms with van der Waals surface area (Å²) < 4.78 is 8.83. The van der Waals surface area contributed by atoms with Gasteiger partial charge in [-0.2, -0.15) is 0 Å². The first-order chi connectivity index (χ1) is 15.6. The number of fused-ring (bicyclic) bond motifs is 3. The molecule has 1 aliphatic heterocycles. The van der Waals surface area contributed by atoms with Crippen molar-refractivity contribution in [2.75, 3.05) is 0 Å². The molecule has 32 heavy (non-hydrogen) atoms. The second kappa shape index (κ2) is 6.51. The van der Waals surface area contributed by atoms with Gasteiger partial charge in [-0.25, -0.2) is 9.97 Å². The SMILES string of the molecule is C[C@@H]1N=C(c2ccccc2Br)c2cc(C34CC(C3)C4)ccc2-n2cnc(-c3cnco3)c21. The molecule has 0 unspecified atom stereocenters. The van der Waals surface area contributed by atoms with Crippen LogP contribution in [0.1, 0.15) is 54.6 Å². The molecule has 4 aromatic rings. The van der Waals surface area contributed by atoms with Gasteiger partial charge in [0.25, 0.3) is 0 Å². The normalized spacial score (nSPS) is 25.1. The number of rotatable bonds is 3. The lowest BCUT2D eigenvalue weighted by atomic mass is 9.42. The maximum absolute atomic E-state index is 5.60. The topological polar surface area (TPSA) is 56.2 Å². The van der Waals surface area contributed by atoms with E-state index in [1.165, 1.54) is 31.2 Å². The summed E-state index contributed by atoms with van der Waals surface area (Å²) in [5.74, 6) is 1.60. The van der Waals surface area contributed by atoms with Gasteiger partial charge >= 0.3 is 0 Å². The van der Waals surface area contributed by atoms with Crippen molar-refractivity contribution in [3.05, 3.63) is 88.2 Å². The van der Waals surface area contributed by atoms with Crippen LogP contribution in [0.4, 0.5) is 0 Å². The van der Waals surface area contributed by atoms with E-state index in [1.54, 1.807) is 6.20 Å². The Kier molecular flexibility index (Phi) is 3.78. The molecule has 0 saturated heterocycles. The molecule has 8 rings (SSSR count). The number of hydrogen-bond donors (Lipinski definition) is 0. The summed E-state index contributed by atoms with van der Waals surface area (Å²) in [5, 5.41) is 0. The minimum atomic E-state index is -0.106. The van der Waals surface area contributed by atoms with Crippen LogP contribution in [-0.2, 0) is 5.41 Å². The highest BCUT2D eigenvalue weighted by Gasteiger charge is 2.57. The third kappa shape index (κ3) is 2.47. The Morgan fingerprint density at radius 3 is 2.66 bits per heavy atom. The fraction of sp³-hybridized carbons (Fsp3) is 0.269. The van der Waals surface area contributed by atoms with Crippen LogP contribution in [0.3, 0.4) is 0 Å². The zero-order chi connectivity index (χ0) is 21.4. The maximum Gasteiger partial charge on any atom is 0.181 e. The van der Waals surface area contributed by atoms with Gasteiger partial charge in [0, 0.05) is 15.6 Å². The number of oxazole rings is 1. The summed E-state index contributed by atoms with van der Waals surface area (Å²) in [4.78, 5) is 14.1. The summed E-state index contributed by atoms with van der Waals surface area (Å²) in [6.07, 6.45) is 9.04. The summed E-state index contributed by atoms with van der Waals surface area (Å²) in [6, 6.07) is 15.2. The Morgan fingerprint density at radius 2 is 1.94 bits per heavy atom. The summed E-state index contributed by atoms with van der Waals surface area (Å²) in [7, 11) is 0. The molecule has 2 bridgehead atoms. The second-order valence-corrected chi connectivity index (χ2v) is 10.2. The van der Waals surface area contributed by atoms with Crippen LogP contribution in [0, 0.1) is 5.92 Å². The average molecular weight is 485 g/mol. The lowest BCUT2D eigenvalue weighted by Crippen LogP contribution is -2.55. The van der Waals surface area contributed by atoms with Crippen molar-refractivity contribution in [1.29, 1.82) is 0 Å². The summed E-state index contributed by atoms with van der Waals surface area (Å²) in [6.45, 7) is 2.12. The lowest BCUT2D eigenvalue weighted by Gasteiger charge is -2.62. The molecule has 3 aliphatic carbocycles. The van der Waals surface area contributed by atoms with Crippen molar-refractivity contribution < 1.29 is 4.42 Å². The minimum absolute atomic E-state index is 0.106. The fourth-order valence-corrected chi connectivity index (χ4v) is 6.23. The lowest BCUT2D eigenvalue weighted by molar-refractivity contribution is -0.0274. The zero-order valence-electron chi connectivity index (χ0n) is 17.6. The number of halogens is 1. The molecule has 3 fully saturated rings. The number of aliphatic imine (C=N–C) groups is 1. The molecule has 3 heterocycles. The van der Waals surface area contributed by atoms with Gasteiger partial charge in [-0.1, -0.05) is 40.2 Å². The predicted molar refractivity (Wildman–Crippen MR) is 126 cm³/mol. The van der Waals surface area contributed by atoms with Crippen LogP contribution in [0.2, 0.25) is 0 Å². The van der Waals surface area contributed by atoms with Gasteiger partial charge in [-0.05, 0) is 61.3 Å². The highest BCUT2D eigenvalue weighted by molar-refractivity contribution is 9.10. The molecular formula is C26H21BrN4O. The summed E-state index contributed by atoms with van der Waals surface area (Å²) in [5.41, 5.74) is 8.03. The van der Waals surface area contributed by atoms with Gasteiger partial charge in [0.1, 0.15) is 12.0 Å². The highest BCUT2D eigenvalue weighted by Crippen LogP contribution is 2.65. The van der Waals surface area contributed by atoms with Gasteiger partial charge in [-0.3, -0.25) is 9.56 Å². The smallest absolute Gasteiger partial charge is 0.181 e. The highest BCUT2D eigenvalue weighted by atomic mass is 79.9. The van der Waals surface area contributed by atoms with Crippen LogP contribution in [0.5, 0.6) is 0 Å². The van der Waals surface area contributed by atoms with Crippen LogP contribution >= 0.6 is 15.9 Å². The standard InChI is InChI=1S/C26H21BrN4O/c1-15-25-24(22-12-28-14-32-22)29-13-31(25)21-7-6-17(26-9-16(10-26)11-26)8-19(21)23(30-15)18-4-2-3-5-20(18)27/h2-8,12-16H,9-11H2,1H3/t15-,16?,26?/m0/s1. The number of aromatic nitrogens is 3. The molecule has 2 aromatic heterocycles. The Balaban J connectivity index is 1.49. The third-order valence-corrected chi connectivity index (χ3v) is 8.17. The van der Waals surface area contributed by atoms with Gasteiger partial charge in [0.15, 0.2) is 12.2 Å². The zero-order valence-corrected chi connectivity index (χ0v) is 19.2. The molecule has 3 saturated carbocycles. The number of benzene rings is 2. The van der Waals surface area contributed by atoms with Crippen molar-refractivity contribution in [1.82, 2.24) is 14.5 Å². The van der Waals surface area contributed by atoms with E-state index < -0.39 is 0 Å². The molecule has 0 spiro atoms. The van der Waals surface area contributed by atoms with E-state index in [2.05, 4.69) is 68.8 Å². The molecule has 6 heteroatoms. The Bertz CT molecular complexity index is 1380. The molecule has 5 nitrogen and oxygen atoms in total. The van der Waals surface area contributed by atoms with Gasteiger partial charge in [0.2, 0.25) is 0 Å². The Morgan fingerprint density at radius 1 is 1.09 bits per heavy atom.